The van der Waals surface area contributed by atoms with Gasteiger partial charge in [0.05, 0.1) is 23.1 Å². The van der Waals surface area contributed by atoms with Crippen molar-refractivity contribution in [2.45, 2.75) is 25.3 Å². The van der Waals surface area contributed by atoms with Crippen LogP contribution in [0.15, 0.2) is 18.3 Å². The molecule has 0 unspecified atom stereocenters. The van der Waals surface area contributed by atoms with Crippen molar-refractivity contribution in [3.05, 3.63) is 29.7 Å². The molecule has 0 aliphatic heterocycles. The predicted molar refractivity (Wildman–Crippen MR) is 52.8 cm³/mol. The van der Waals surface area contributed by atoms with Gasteiger partial charge in [0.15, 0.2) is 5.65 Å². The molecule has 1 saturated carbocycles. The first-order valence-electron chi connectivity index (χ1n) is 4.80. The average Bonchev–Trinajstić information content (AvgIpc) is 2.79. The summed E-state index contributed by atoms with van der Waals surface area (Å²) in [6.07, 6.45) is 4.00. The summed E-state index contributed by atoms with van der Waals surface area (Å²) in [5.41, 5.74) is 8.75. The van der Waals surface area contributed by atoms with Crippen molar-refractivity contribution >= 4 is 5.65 Å². The fourth-order valence-corrected chi connectivity index (χ4v) is 1.66. The second-order valence-corrected chi connectivity index (χ2v) is 4.06. The van der Waals surface area contributed by atoms with E-state index < -0.39 is 0 Å². The van der Waals surface area contributed by atoms with Gasteiger partial charge in [-0.2, -0.15) is 5.10 Å². The number of rotatable bonds is 1. The highest BCUT2D eigenvalue weighted by atomic mass is 15.3. The first-order valence-corrected chi connectivity index (χ1v) is 4.80. The van der Waals surface area contributed by atoms with Crippen molar-refractivity contribution in [1.29, 1.82) is 0 Å². The first kappa shape index (κ1) is 7.94. The summed E-state index contributed by atoms with van der Waals surface area (Å²) < 4.78 is 1.80. The van der Waals surface area contributed by atoms with Gasteiger partial charge in [0, 0.05) is 0 Å². The molecule has 0 radical (unpaired) electrons. The van der Waals surface area contributed by atoms with E-state index in [-0.39, 0.29) is 5.54 Å². The minimum absolute atomic E-state index is 0.160. The van der Waals surface area contributed by atoms with Crippen LogP contribution in [0.25, 0.3) is 5.65 Å². The van der Waals surface area contributed by atoms with E-state index >= 15 is 0 Å². The number of hydrogen-bond acceptors (Lipinski definition) is 3. The maximum Gasteiger partial charge on any atom is 0.153 e. The quantitative estimate of drug-likeness (QED) is 0.726. The molecule has 2 aromatic heterocycles. The minimum Gasteiger partial charge on any atom is -0.320 e. The second kappa shape index (κ2) is 2.33. The third-order valence-electron chi connectivity index (χ3n) is 2.74. The van der Waals surface area contributed by atoms with E-state index in [0.717, 1.165) is 29.9 Å². The fraction of sp³-hybridized carbons (Fsp3) is 0.400. The second-order valence-electron chi connectivity index (χ2n) is 4.06. The van der Waals surface area contributed by atoms with Gasteiger partial charge in [-0.05, 0) is 31.9 Å². The molecular weight excluding hydrogens is 176 g/mol. The van der Waals surface area contributed by atoms with Crippen molar-refractivity contribution in [3.8, 4) is 0 Å². The predicted octanol–water partition coefficient (Wildman–Crippen LogP) is 0.986. The summed E-state index contributed by atoms with van der Waals surface area (Å²) in [6.45, 7) is 1.96. The van der Waals surface area contributed by atoms with Crippen LogP contribution < -0.4 is 5.73 Å². The summed E-state index contributed by atoms with van der Waals surface area (Å²) in [4.78, 5) is 4.32. The van der Waals surface area contributed by atoms with Crippen LogP contribution in [-0.4, -0.2) is 14.6 Å². The number of nitrogens with zero attached hydrogens (tertiary/aromatic N) is 3. The lowest BCUT2D eigenvalue weighted by atomic mass is 10.2. The van der Waals surface area contributed by atoms with Gasteiger partial charge in [-0.3, -0.25) is 0 Å². The molecule has 1 aliphatic carbocycles. The number of fused-ring (bicyclic) bond motifs is 1. The van der Waals surface area contributed by atoms with Crippen LogP contribution in [0.4, 0.5) is 0 Å². The maximum absolute atomic E-state index is 6.07. The Morgan fingerprint density at radius 2 is 2.21 bits per heavy atom. The third-order valence-corrected chi connectivity index (χ3v) is 2.74. The van der Waals surface area contributed by atoms with Gasteiger partial charge in [-0.25, -0.2) is 9.50 Å². The summed E-state index contributed by atoms with van der Waals surface area (Å²) >= 11 is 0. The number of hydrogen-bond donors (Lipinski definition) is 1. The molecule has 1 fully saturated rings. The van der Waals surface area contributed by atoms with Crippen molar-refractivity contribution in [3.63, 3.8) is 0 Å². The van der Waals surface area contributed by atoms with Crippen LogP contribution >= 0.6 is 0 Å². The smallest absolute Gasteiger partial charge is 0.153 e. The van der Waals surface area contributed by atoms with Gasteiger partial charge < -0.3 is 5.73 Å². The topological polar surface area (TPSA) is 56.2 Å². The molecule has 72 valence electrons. The molecule has 2 N–H and O–H groups in total. The summed E-state index contributed by atoms with van der Waals surface area (Å²) in [6, 6.07) is 3.96. The van der Waals surface area contributed by atoms with Crippen LogP contribution in [-0.2, 0) is 5.54 Å². The standard InChI is InChI=1S/C10H12N4/c1-7-6-14-9(12-7)3-2-8(13-14)10(11)4-5-10/h2-3,6H,4-5,11H2,1H3. The average molecular weight is 188 g/mol. The van der Waals surface area contributed by atoms with Gasteiger partial charge in [0.25, 0.3) is 0 Å². The molecule has 2 heterocycles. The molecule has 3 rings (SSSR count). The van der Waals surface area contributed by atoms with E-state index in [4.69, 9.17) is 5.73 Å². The lowest BCUT2D eigenvalue weighted by Crippen LogP contribution is -2.21. The molecule has 2 aromatic rings. The molecule has 14 heavy (non-hydrogen) atoms. The van der Waals surface area contributed by atoms with Gasteiger partial charge in [0.2, 0.25) is 0 Å². The van der Waals surface area contributed by atoms with Crippen LogP contribution in [0.3, 0.4) is 0 Å². The monoisotopic (exact) mass is 188 g/mol. The Hall–Kier alpha value is -1.42. The van der Waals surface area contributed by atoms with Crippen molar-refractivity contribution < 1.29 is 0 Å². The molecule has 4 heteroatoms. The maximum atomic E-state index is 6.07. The van der Waals surface area contributed by atoms with E-state index in [1.54, 1.807) is 4.52 Å². The lowest BCUT2D eigenvalue weighted by molar-refractivity contribution is 0.676. The van der Waals surface area contributed by atoms with E-state index in [0.29, 0.717) is 0 Å². The highest BCUT2D eigenvalue weighted by molar-refractivity contribution is 5.40. The van der Waals surface area contributed by atoms with Gasteiger partial charge in [0.1, 0.15) is 0 Å². The molecular formula is C10H12N4. The van der Waals surface area contributed by atoms with Crippen molar-refractivity contribution in [2.24, 2.45) is 5.73 Å². The Balaban J connectivity index is 2.19. The highest BCUT2D eigenvalue weighted by Gasteiger charge is 2.41. The van der Waals surface area contributed by atoms with Crippen LogP contribution in [0.5, 0.6) is 0 Å². The number of imidazole rings is 1. The first-order chi connectivity index (χ1) is 6.67. The minimum atomic E-state index is -0.160. The summed E-state index contributed by atoms with van der Waals surface area (Å²) in [7, 11) is 0. The zero-order valence-corrected chi connectivity index (χ0v) is 8.07. The van der Waals surface area contributed by atoms with Crippen LogP contribution in [0, 0.1) is 6.92 Å². The number of aryl methyl sites for hydroxylation is 1. The molecule has 0 bridgehead atoms. The van der Waals surface area contributed by atoms with E-state index in [1.165, 1.54) is 0 Å². The lowest BCUT2D eigenvalue weighted by Gasteiger charge is -2.06. The zero-order valence-electron chi connectivity index (χ0n) is 8.07. The Kier molecular flexibility index (Phi) is 1.32. The Labute approximate surface area is 81.8 Å². The SMILES string of the molecule is Cc1cn2nc(C3(N)CC3)ccc2n1. The molecule has 1 aliphatic rings. The molecule has 0 spiro atoms. The Morgan fingerprint density at radius 1 is 1.43 bits per heavy atom. The highest BCUT2D eigenvalue weighted by Crippen LogP contribution is 2.41. The molecule has 0 amide bonds. The third kappa shape index (κ3) is 1.04. The fourth-order valence-electron chi connectivity index (χ4n) is 1.66. The summed E-state index contributed by atoms with van der Waals surface area (Å²) in [5.74, 6) is 0. The largest absolute Gasteiger partial charge is 0.320 e. The van der Waals surface area contributed by atoms with Gasteiger partial charge in [-0.1, -0.05) is 0 Å². The number of nitrogens with two attached hydrogens (primary N) is 1. The summed E-state index contributed by atoms with van der Waals surface area (Å²) in [5, 5.41) is 4.46. The number of aromatic nitrogens is 3. The molecule has 0 saturated heterocycles. The van der Waals surface area contributed by atoms with Gasteiger partial charge in [-0.15, -0.1) is 0 Å². The normalized spacial score (nSPS) is 18.7. The Bertz CT molecular complexity index is 496. The van der Waals surface area contributed by atoms with Gasteiger partial charge >= 0.3 is 0 Å². The van der Waals surface area contributed by atoms with E-state index in [9.17, 15) is 0 Å². The van der Waals surface area contributed by atoms with E-state index in [2.05, 4.69) is 10.1 Å². The molecule has 0 atom stereocenters. The van der Waals surface area contributed by atoms with Crippen molar-refractivity contribution in [2.75, 3.05) is 0 Å². The van der Waals surface area contributed by atoms with Crippen LogP contribution in [0.2, 0.25) is 0 Å². The zero-order chi connectivity index (χ0) is 9.76. The molecule has 0 aromatic carbocycles. The van der Waals surface area contributed by atoms with Crippen LogP contribution in [0.1, 0.15) is 24.2 Å². The molecule has 4 nitrogen and oxygen atoms in total. The van der Waals surface area contributed by atoms with E-state index in [1.807, 2.05) is 25.3 Å². The Morgan fingerprint density at radius 3 is 2.93 bits per heavy atom. The van der Waals surface area contributed by atoms with Crippen molar-refractivity contribution in [1.82, 2.24) is 14.6 Å².